The van der Waals surface area contributed by atoms with Gasteiger partial charge in [0.25, 0.3) is 0 Å². The molecule has 1 aromatic heterocycles. The molecule has 2 rings (SSSR count). The average molecular weight is 293 g/mol. The summed E-state index contributed by atoms with van der Waals surface area (Å²) in [5.41, 5.74) is 5.92. The molecule has 0 radical (unpaired) electrons. The summed E-state index contributed by atoms with van der Waals surface area (Å²) in [5.74, 6) is 0.565. The van der Waals surface area contributed by atoms with Crippen LogP contribution < -0.4 is 10.5 Å². The number of sulfonamides is 1. The number of nitriles is 1. The Morgan fingerprint density at radius 1 is 1.50 bits per heavy atom. The fourth-order valence-electron chi connectivity index (χ4n) is 1.51. The van der Waals surface area contributed by atoms with E-state index in [1.54, 1.807) is 6.92 Å². The summed E-state index contributed by atoms with van der Waals surface area (Å²) in [7, 11) is -3.81. The van der Waals surface area contributed by atoms with E-state index in [4.69, 9.17) is 15.5 Å². The lowest BCUT2D eigenvalue weighted by Gasteiger charge is -2.07. The summed E-state index contributed by atoms with van der Waals surface area (Å²) in [4.78, 5) is 3.78. The maximum absolute atomic E-state index is 12.1. The van der Waals surface area contributed by atoms with Crippen LogP contribution >= 0.6 is 0 Å². The first-order valence-electron chi connectivity index (χ1n) is 5.51. The van der Waals surface area contributed by atoms with Gasteiger partial charge in [-0.15, -0.1) is 0 Å². The van der Waals surface area contributed by atoms with Gasteiger partial charge in [0.2, 0.25) is 15.9 Å². The Labute approximate surface area is 115 Å². The predicted molar refractivity (Wildman–Crippen MR) is 68.6 cm³/mol. The number of aryl methyl sites for hydroxylation is 1. The topological polar surface area (TPSA) is 135 Å². The standard InChI is InChI=1S/C11H11N5O3S/c1-7-15-11(16-19-7)6-14-20(17,18)10-3-2-8(5-12)4-9(10)13/h2-4,14H,6,13H2,1H3. The molecule has 0 aliphatic carbocycles. The van der Waals surface area contributed by atoms with Gasteiger partial charge in [0.15, 0.2) is 5.82 Å². The molecule has 0 atom stereocenters. The zero-order chi connectivity index (χ0) is 14.8. The van der Waals surface area contributed by atoms with Crippen LogP contribution in [0.4, 0.5) is 5.69 Å². The Hall–Kier alpha value is -2.44. The largest absolute Gasteiger partial charge is 0.398 e. The highest BCUT2D eigenvalue weighted by molar-refractivity contribution is 7.89. The molecule has 0 spiro atoms. The van der Waals surface area contributed by atoms with Crippen molar-refractivity contribution in [3.63, 3.8) is 0 Å². The fraction of sp³-hybridized carbons (Fsp3) is 0.182. The van der Waals surface area contributed by atoms with E-state index in [1.165, 1.54) is 18.2 Å². The molecule has 0 aliphatic rings. The molecule has 3 N–H and O–H groups in total. The average Bonchev–Trinajstić information content (AvgIpc) is 2.82. The van der Waals surface area contributed by atoms with Crippen molar-refractivity contribution in [1.29, 1.82) is 5.26 Å². The van der Waals surface area contributed by atoms with Gasteiger partial charge >= 0.3 is 0 Å². The molecule has 9 heteroatoms. The molecule has 0 saturated heterocycles. The lowest BCUT2D eigenvalue weighted by molar-refractivity contribution is 0.387. The molecule has 0 unspecified atom stereocenters. The Morgan fingerprint density at radius 2 is 2.25 bits per heavy atom. The third kappa shape index (κ3) is 2.93. The summed E-state index contributed by atoms with van der Waals surface area (Å²) in [6, 6.07) is 5.83. The van der Waals surface area contributed by atoms with Gasteiger partial charge in [0, 0.05) is 6.92 Å². The number of rotatable bonds is 4. The molecular formula is C11H11N5O3S. The molecule has 0 amide bonds. The van der Waals surface area contributed by atoms with Crippen LogP contribution in [0.15, 0.2) is 27.6 Å². The van der Waals surface area contributed by atoms with Crippen molar-refractivity contribution in [2.24, 2.45) is 0 Å². The highest BCUT2D eigenvalue weighted by Crippen LogP contribution is 2.19. The molecule has 8 nitrogen and oxygen atoms in total. The molecular weight excluding hydrogens is 282 g/mol. The number of nitrogens with zero attached hydrogens (tertiary/aromatic N) is 3. The van der Waals surface area contributed by atoms with E-state index < -0.39 is 10.0 Å². The van der Waals surface area contributed by atoms with E-state index in [9.17, 15) is 8.42 Å². The molecule has 2 aromatic rings. The number of nitrogens with one attached hydrogen (secondary N) is 1. The number of hydrogen-bond donors (Lipinski definition) is 2. The zero-order valence-electron chi connectivity index (χ0n) is 10.5. The smallest absolute Gasteiger partial charge is 0.243 e. The lowest BCUT2D eigenvalue weighted by atomic mass is 10.2. The minimum atomic E-state index is -3.81. The van der Waals surface area contributed by atoms with Gasteiger partial charge in [-0.2, -0.15) is 10.2 Å². The summed E-state index contributed by atoms with van der Waals surface area (Å²) in [5, 5.41) is 12.3. The highest BCUT2D eigenvalue weighted by Gasteiger charge is 2.18. The van der Waals surface area contributed by atoms with Gasteiger partial charge in [-0.05, 0) is 18.2 Å². The summed E-state index contributed by atoms with van der Waals surface area (Å²) in [6.07, 6.45) is 0. The second-order valence-corrected chi connectivity index (χ2v) is 5.65. The molecule has 0 aliphatic heterocycles. The second-order valence-electron chi connectivity index (χ2n) is 3.92. The number of anilines is 1. The SMILES string of the molecule is Cc1nc(CNS(=O)(=O)c2ccc(C#N)cc2N)no1. The van der Waals surface area contributed by atoms with Crippen LogP contribution in [0.25, 0.3) is 0 Å². The Balaban J connectivity index is 2.20. The molecule has 20 heavy (non-hydrogen) atoms. The summed E-state index contributed by atoms with van der Waals surface area (Å²) < 4.78 is 31.2. The summed E-state index contributed by atoms with van der Waals surface area (Å²) >= 11 is 0. The van der Waals surface area contributed by atoms with E-state index in [-0.39, 0.29) is 28.5 Å². The van der Waals surface area contributed by atoms with Crippen LogP contribution in [-0.4, -0.2) is 18.6 Å². The van der Waals surface area contributed by atoms with Gasteiger partial charge in [-0.1, -0.05) is 5.16 Å². The van der Waals surface area contributed by atoms with Crippen molar-refractivity contribution in [2.45, 2.75) is 18.4 Å². The van der Waals surface area contributed by atoms with Crippen LogP contribution in [0.1, 0.15) is 17.3 Å². The molecule has 104 valence electrons. The molecule has 1 heterocycles. The maximum Gasteiger partial charge on any atom is 0.243 e. The number of aromatic nitrogens is 2. The van der Waals surface area contributed by atoms with Crippen molar-refractivity contribution >= 4 is 15.7 Å². The molecule has 0 fully saturated rings. The van der Waals surface area contributed by atoms with Gasteiger partial charge in [0.1, 0.15) is 4.90 Å². The highest BCUT2D eigenvalue weighted by atomic mass is 32.2. The van der Waals surface area contributed by atoms with E-state index >= 15 is 0 Å². The van der Waals surface area contributed by atoms with Crippen LogP contribution in [-0.2, 0) is 16.6 Å². The van der Waals surface area contributed by atoms with Gasteiger partial charge in [-0.3, -0.25) is 0 Å². The molecule has 0 bridgehead atoms. The third-order valence-electron chi connectivity index (χ3n) is 2.42. The first kappa shape index (κ1) is 14.0. The monoisotopic (exact) mass is 293 g/mol. The predicted octanol–water partition coefficient (Wildman–Crippen LogP) is 0.310. The molecule has 1 aromatic carbocycles. The van der Waals surface area contributed by atoms with E-state index in [0.717, 1.165) is 0 Å². The number of nitrogen functional groups attached to an aromatic ring is 1. The van der Waals surface area contributed by atoms with Crippen LogP contribution in [0, 0.1) is 18.3 Å². The number of benzene rings is 1. The van der Waals surface area contributed by atoms with Crippen molar-refractivity contribution in [1.82, 2.24) is 14.9 Å². The zero-order valence-corrected chi connectivity index (χ0v) is 11.3. The normalized spacial score (nSPS) is 11.2. The van der Waals surface area contributed by atoms with Crippen molar-refractivity contribution < 1.29 is 12.9 Å². The summed E-state index contributed by atoms with van der Waals surface area (Å²) in [6.45, 7) is 1.49. The Kier molecular flexibility index (Phi) is 3.69. The van der Waals surface area contributed by atoms with Gasteiger partial charge in [0.05, 0.1) is 23.9 Å². The van der Waals surface area contributed by atoms with Crippen LogP contribution in [0.5, 0.6) is 0 Å². The maximum atomic E-state index is 12.1. The van der Waals surface area contributed by atoms with Crippen molar-refractivity contribution in [3.8, 4) is 6.07 Å². The van der Waals surface area contributed by atoms with Crippen LogP contribution in [0.2, 0.25) is 0 Å². The Morgan fingerprint density at radius 3 is 2.80 bits per heavy atom. The van der Waals surface area contributed by atoms with Crippen LogP contribution in [0.3, 0.4) is 0 Å². The quantitative estimate of drug-likeness (QED) is 0.774. The fourth-order valence-corrected chi connectivity index (χ4v) is 2.60. The molecule has 0 saturated carbocycles. The number of hydrogen-bond acceptors (Lipinski definition) is 7. The van der Waals surface area contributed by atoms with Gasteiger partial charge in [-0.25, -0.2) is 13.1 Å². The van der Waals surface area contributed by atoms with E-state index in [1.807, 2.05) is 6.07 Å². The first-order chi connectivity index (χ1) is 9.42. The van der Waals surface area contributed by atoms with Gasteiger partial charge < -0.3 is 10.3 Å². The van der Waals surface area contributed by atoms with E-state index in [0.29, 0.717) is 5.89 Å². The minimum absolute atomic E-state index is 0.000780. The lowest BCUT2D eigenvalue weighted by Crippen LogP contribution is -2.24. The number of nitrogens with two attached hydrogens (primary N) is 1. The minimum Gasteiger partial charge on any atom is -0.398 e. The Bertz CT molecular complexity index is 776. The second kappa shape index (κ2) is 5.28. The third-order valence-corrected chi connectivity index (χ3v) is 3.89. The van der Waals surface area contributed by atoms with E-state index in [2.05, 4.69) is 14.9 Å². The van der Waals surface area contributed by atoms with Crippen molar-refractivity contribution in [2.75, 3.05) is 5.73 Å². The van der Waals surface area contributed by atoms with Crippen molar-refractivity contribution in [3.05, 3.63) is 35.5 Å². The first-order valence-corrected chi connectivity index (χ1v) is 6.99.